The summed E-state index contributed by atoms with van der Waals surface area (Å²) in [5, 5.41) is 4.53. The number of H-pyrrole nitrogens is 1. The molecule has 0 aliphatic heterocycles. The molecule has 4 nitrogen and oxygen atoms in total. The molecule has 0 amide bonds. The summed E-state index contributed by atoms with van der Waals surface area (Å²) in [5.74, 6) is 0. The molecule has 2 aromatic rings. The highest BCUT2D eigenvalue weighted by Crippen LogP contribution is 2.31. The molecule has 6 heteroatoms. The second kappa shape index (κ2) is 6.92. The molecule has 2 N–H and O–H groups in total. The van der Waals surface area contributed by atoms with E-state index in [2.05, 4.69) is 29.1 Å². The topological polar surface area (TPSA) is 57.8 Å². The van der Waals surface area contributed by atoms with Gasteiger partial charge in [-0.25, -0.2) is 4.98 Å². The number of benzene rings is 1. The van der Waals surface area contributed by atoms with Crippen molar-refractivity contribution in [3.8, 4) is 0 Å². The quantitative estimate of drug-likeness (QED) is 0.833. The van der Waals surface area contributed by atoms with Crippen LogP contribution >= 0.6 is 23.4 Å². The summed E-state index contributed by atoms with van der Waals surface area (Å²) in [7, 11) is 0. The van der Waals surface area contributed by atoms with Gasteiger partial charge >= 0.3 is 0 Å². The molecule has 0 unspecified atom stereocenters. The van der Waals surface area contributed by atoms with Crippen LogP contribution in [0.15, 0.2) is 45.3 Å². The summed E-state index contributed by atoms with van der Waals surface area (Å²) >= 11 is 7.61. The molecule has 0 aliphatic carbocycles. The Kier molecular flexibility index (Phi) is 5.23. The lowest BCUT2D eigenvalue weighted by atomic mass is 10.2. The van der Waals surface area contributed by atoms with Gasteiger partial charge in [-0.2, -0.15) is 0 Å². The third kappa shape index (κ3) is 4.37. The lowest BCUT2D eigenvalue weighted by Gasteiger charge is -2.10. The first kappa shape index (κ1) is 15.1. The third-order valence-electron chi connectivity index (χ3n) is 2.57. The summed E-state index contributed by atoms with van der Waals surface area (Å²) in [6.07, 6.45) is 1.48. The monoisotopic (exact) mass is 309 g/mol. The molecule has 1 aromatic heterocycles. The molecular weight excluding hydrogens is 294 g/mol. The van der Waals surface area contributed by atoms with Crippen molar-refractivity contribution < 1.29 is 0 Å². The third-order valence-corrected chi connectivity index (χ3v) is 3.97. The van der Waals surface area contributed by atoms with E-state index in [-0.39, 0.29) is 5.56 Å². The number of hydrogen-bond acceptors (Lipinski definition) is 4. The van der Waals surface area contributed by atoms with Gasteiger partial charge in [0.2, 0.25) is 0 Å². The molecule has 0 aliphatic rings. The van der Waals surface area contributed by atoms with Crippen LogP contribution in [-0.2, 0) is 6.54 Å². The Morgan fingerprint density at radius 1 is 1.40 bits per heavy atom. The zero-order chi connectivity index (χ0) is 14.5. The number of nitrogens with one attached hydrogen (secondary N) is 2. The Morgan fingerprint density at radius 2 is 2.20 bits per heavy atom. The number of aromatic nitrogens is 2. The van der Waals surface area contributed by atoms with Gasteiger partial charge in [-0.05, 0) is 17.7 Å². The number of nitrogens with zero attached hydrogens (tertiary/aromatic N) is 1. The van der Waals surface area contributed by atoms with Crippen LogP contribution in [0.5, 0.6) is 0 Å². The Hall–Kier alpha value is -1.30. The van der Waals surface area contributed by atoms with Crippen molar-refractivity contribution in [1.82, 2.24) is 15.3 Å². The van der Waals surface area contributed by atoms with Gasteiger partial charge < -0.3 is 10.3 Å². The lowest BCUT2D eigenvalue weighted by Crippen LogP contribution is -2.21. The molecule has 0 saturated carbocycles. The highest BCUT2D eigenvalue weighted by Gasteiger charge is 2.06. The van der Waals surface area contributed by atoms with Crippen molar-refractivity contribution in [3.63, 3.8) is 0 Å². The van der Waals surface area contributed by atoms with Crippen LogP contribution in [0.2, 0.25) is 5.02 Å². The maximum absolute atomic E-state index is 11.2. The van der Waals surface area contributed by atoms with Crippen LogP contribution in [0, 0.1) is 0 Å². The number of halogens is 1. The number of aromatic amines is 1. The highest BCUT2D eigenvalue weighted by atomic mass is 35.5. The summed E-state index contributed by atoms with van der Waals surface area (Å²) in [6, 6.07) is 7.70. The Bertz CT molecular complexity index is 642. The van der Waals surface area contributed by atoms with Gasteiger partial charge in [0.15, 0.2) is 5.16 Å². The lowest BCUT2D eigenvalue weighted by molar-refractivity contribution is 0.588. The van der Waals surface area contributed by atoms with Crippen molar-refractivity contribution in [2.75, 3.05) is 0 Å². The maximum Gasteiger partial charge on any atom is 0.251 e. The van der Waals surface area contributed by atoms with E-state index in [0.29, 0.717) is 16.2 Å². The summed E-state index contributed by atoms with van der Waals surface area (Å²) in [4.78, 5) is 18.8. The first-order valence-corrected chi connectivity index (χ1v) is 7.49. The standard InChI is InChI=1S/C14H16ClN3OS/c1-9(2)17-8-10-3-4-12(11(15)7-10)20-14-16-6-5-13(19)18-14/h3-7,9,17H,8H2,1-2H3,(H,16,18,19). The predicted octanol–water partition coefficient (Wildman–Crippen LogP) is 3.07. The summed E-state index contributed by atoms with van der Waals surface area (Å²) < 4.78 is 0. The molecule has 0 atom stereocenters. The van der Waals surface area contributed by atoms with Crippen molar-refractivity contribution in [2.45, 2.75) is 36.5 Å². The highest BCUT2D eigenvalue weighted by molar-refractivity contribution is 7.99. The van der Waals surface area contributed by atoms with Crippen molar-refractivity contribution in [3.05, 3.63) is 51.4 Å². The van der Waals surface area contributed by atoms with Gasteiger partial charge in [0.05, 0.1) is 5.02 Å². The molecule has 0 radical (unpaired) electrons. The fourth-order valence-corrected chi connectivity index (χ4v) is 2.65. The molecule has 1 aromatic carbocycles. The van der Waals surface area contributed by atoms with Crippen molar-refractivity contribution in [1.29, 1.82) is 0 Å². The normalized spacial score (nSPS) is 11.0. The van der Waals surface area contributed by atoms with Crippen LogP contribution in [0.4, 0.5) is 0 Å². The van der Waals surface area contributed by atoms with E-state index in [1.165, 1.54) is 24.0 Å². The minimum atomic E-state index is -0.170. The van der Waals surface area contributed by atoms with Gasteiger partial charge in [-0.3, -0.25) is 4.79 Å². The smallest absolute Gasteiger partial charge is 0.251 e. The molecule has 20 heavy (non-hydrogen) atoms. The van der Waals surface area contributed by atoms with Gasteiger partial charge in [0.25, 0.3) is 5.56 Å². The molecule has 0 fully saturated rings. The predicted molar refractivity (Wildman–Crippen MR) is 82.4 cm³/mol. The maximum atomic E-state index is 11.2. The fourth-order valence-electron chi connectivity index (χ4n) is 1.57. The van der Waals surface area contributed by atoms with E-state index < -0.39 is 0 Å². The van der Waals surface area contributed by atoms with E-state index in [1.807, 2.05) is 18.2 Å². The first-order valence-electron chi connectivity index (χ1n) is 6.29. The molecule has 106 valence electrons. The van der Waals surface area contributed by atoms with Crippen LogP contribution < -0.4 is 10.9 Å². The van der Waals surface area contributed by atoms with Gasteiger partial charge in [0.1, 0.15) is 0 Å². The Morgan fingerprint density at radius 3 is 2.85 bits per heavy atom. The van der Waals surface area contributed by atoms with Gasteiger partial charge in [0, 0.05) is 29.7 Å². The number of hydrogen-bond donors (Lipinski definition) is 2. The van der Waals surface area contributed by atoms with E-state index in [1.54, 1.807) is 0 Å². The molecule has 2 rings (SSSR count). The minimum absolute atomic E-state index is 0.170. The molecular formula is C14H16ClN3OS. The van der Waals surface area contributed by atoms with Crippen LogP contribution in [0.1, 0.15) is 19.4 Å². The number of rotatable bonds is 5. The second-order valence-corrected chi connectivity index (χ2v) is 6.08. The Balaban J connectivity index is 2.11. The second-order valence-electron chi connectivity index (χ2n) is 4.64. The van der Waals surface area contributed by atoms with E-state index in [9.17, 15) is 4.79 Å². The SMILES string of the molecule is CC(C)NCc1ccc(Sc2nccc(=O)[nH]2)c(Cl)c1. The zero-order valence-corrected chi connectivity index (χ0v) is 12.9. The van der Waals surface area contributed by atoms with Crippen LogP contribution in [-0.4, -0.2) is 16.0 Å². The van der Waals surface area contributed by atoms with Crippen LogP contribution in [0.25, 0.3) is 0 Å². The fraction of sp³-hybridized carbons (Fsp3) is 0.286. The molecule has 0 saturated heterocycles. The van der Waals surface area contributed by atoms with Gasteiger partial charge in [-0.1, -0.05) is 43.3 Å². The molecule has 1 heterocycles. The average molecular weight is 310 g/mol. The largest absolute Gasteiger partial charge is 0.310 e. The van der Waals surface area contributed by atoms with E-state index in [4.69, 9.17) is 11.6 Å². The van der Waals surface area contributed by atoms with Gasteiger partial charge in [-0.15, -0.1) is 0 Å². The summed E-state index contributed by atoms with van der Waals surface area (Å²) in [6.45, 7) is 4.98. The molecule has 0 spiro atoms. The average Bonchev–Trinajstić information content (AvgIpc) is 2.39. The first-order chi connectivity index (χ1) is 9.54. The van der Waals surface area contributed by atoms with Crippen molar-refractivity contribution in [2.24, 2.45) is 0 Å². The van der Waals surface area contributed by atoms with Crippen LogP contribution in [0.3, 0.4) is 0 Å². The summed E-state index contributed by atoms with van der Waals surface area (Å²) in [5.41, 5.74) is 0.957. The minimum Gasteiger partial charge on any atom is -0.310 e. The zero-order valence-electron chi connectivity index (χ0n) is 11.3. The van der Waals surface area contributed by atoms with Crippen molar-refractivity contribution >= 4 is 23.4 Å². The van der Waals surface area contributed by atoms with E-state index >= 15 is 0 Å². The molecule has 0 bridgehead atoms. The Labute approximate surface area is 127 Å². The van der Waals surface area contributed by atoms with E-state index in [0.717, 1.165) is 17.0 Å².